The minimum absolute atomic E-state index is 0.00585. The number of carbonyl (C=O) groups excluding carboxylic acids is 1. The number of ether oxygens (including phenoxy) is 1. The van der Waals surface area contributed by atoms with Crippen LogP contribution in [0.2, 0.25) is 0 Å². The molecule has 29 heavy (non-hydrogen) atoms. The van der Waals surface area contributed by atoms with E-state index < -0.39 is 11.6 Å². The molecule has 0 bridgehead atoms. The normalized spacial score (nSPS) is 21.7. The van der Waals surface area contributed by atoms with E-state index >= 15 is 8.78 Å². The van der Waals surface area contributed by atoms with Gasteiger partial charge in [-0.2, -0.15) is 5.10 Å². The summed E-state index contributed by atoms with van der Waals surface area (Å²) >= 11 is 0. The zero-order chi connectivity index (χ0) is 20.3. The van der Waals surface area contributed by atoms with Crippen LogP contribution in [-0.2, 0) is 11.2 Å². The summed E-state index contributed by atoms with van der Waals surface area (Å²) in [5.74, 6) is -1.84. The fraction of sp³-hybridized carbons (Fsp3) is 0.545. The van der Waals surface area contributed by atoms with Crippen molar-refractivity contribution in [1.29, 1.82) is 0 Å². The Morgan fingerprint density at radius 2 is 1.93 bits per heavy atom. The van der Waals surface area contributed by atoms with Crippen LogP contribution in [0, 0.1) is 11.6 Å². The second kappa shape index (κ2) is 6.82. The number of aromatic nitrogens is 2. The lowest BCUT2D eigenvalue weighted by atomic mass is 9.90. The van der Waals surface area contributed by atoms with E-state index in [1.807, 2.05) is 11.6 Å². The van der Waals surface area contributed by atoms with Gasteiger partial charge in [0.1, 0.15) is 5.75 Å². The van der Waals surface area contributed by atoms with Crippen LogP contribution >= 0.6 is 0 Å². The van der Waals surface area contributed by atoms with Gasteiger partial charge in [-0.25, -0.2) is 8.78 Å². The SMILES string of the molecule is CC(=O)N1c2c(F)c(F)c(-c3cnn(C4CC4)c3)c(OC3CCC3)c2CCC1C. The zero-order valence-corrected chi connectivity index (χ0v) is 16.8. The molecule has 1 amide bonds. The summed E-state index contributed by atoms with van der Waals surface area (Å²) in [4.78, 5) is 13.6. The standard InChI is InChI=1S/C22H25F2N3O2/c1-12-6-9-17-21(27(12)13(2)28)20(24)19(23)18(22(17)29-16-4-3-5-16)14-10-25-26(11-14)15-7-8-15/h10-12,15-16H,3-9H2,1-2H3. The number of halogens is 2. The third kappa shape index (κ3) is 3.02. The van der Waals surface area contributed by atoms with E-state index in [9.17, 15) is 4.79 Å². The van der Waals surface area contributed by atoms with Gasteiger partial charge in [0.2, 0.25) is 5.91 Å². The lowest BCUT2D eigenvalue weighted by Crippen LogP contribution is -2.42. The van der Waals surface area contributed by atoms with Crippen LogP contribution in [0.5, 0.6) is 5.75 Å². The Bertz CT molecular complexity index is 979. The Morgan fingerprint density at radius 3 is 2.55 bits per heavy atom. The van der Waals surface area contributed by atoms with Crippen molar-refractivity contribution >= 4 is 11.6 Å². The number of fused-ring (bicyclic) bond motifs is 1. The molecule has 2 aromatic rings. The number of amides is 1. The summed E-state index contributed by atoms with van der Waals surface area (Å²) in [5.41, 5.74) is 1.30. The van der Waals surface area contributed by atoms with Crippen molar-refractivity contribution in [2.75, 3.05) is 4.90 Å². The number of carbonyl (C=O) groups is 1. The van der Waals surface area contributed by atoms with Gasteiger partial charge in [-0.05, 0) is 51.9 Å². The summed E-state index contributed by atoms with van der Waals surface area (Å²) in [6, 6.07) is 0.160. The molecule has 5 nitrogen and oxygen atoms in total. The first-order valence-electron chi connectivity index (χ1n) is 10.5. The molecule has 0 N–H and O–H groups in total. The summed E-state index contributed by atoms with van der Waals surface area (Å²) in [7, 11) is 0. The Kier molecular flexibility index (Phi) is 4.37. The van der Waals surface area contributed by atoms with Crippen LogP contribution in [0.1, 0.15) is 64.0 Å². The minimum Gasteiger partial charge on any atom is -0.489 e. The van der Waals surface area contributed by atoms with Crippen LogP contribution in [-0.4, -0.2) is 27.8 Å². The Hall–Kier alpha value is -2.44. The van der Waals surface area contributed by atoms with Crippen molar-refractivity contribution in [3.63, 3.8) is 0 Å². The molecular formula is C22H25F2N3O2. The highest BCUT2D eigenvalue weighted by Crippen LogP contribution is 2.48. The lowest BCUT2D eigenvalue weighted by molar-refractivity contribution is -0.117. The van der Waals surface area contributed by atoms with Crippen molar-refractivity contribution in [1.82, 2.24) is 9.78 Å². The van der Waals surface area contributed by atoms with Crippen molar-refractivity contribution in [3.8, 4) is 16.9 Å². The van der Waals surface area contributed by atoms with Crippen LogP contribution in [0.3, 0.4) is 0 Å². The van der Waals surface area contributed by atoms with Crippen molar-refractivity contribution in [3.05, 3.63) is 29.6 Å². The van der Waals surface area contributed by atoms with Crippen LogP contribution < -0.4 is 9.64 Å². The topological polar surface area (TPSA) is 47.4 Å². The highest BCUT2D eigenvalue weighted by Gasteiger charge is 2.37. The predicted octanol–water partition coefficient (Wildman–Crippen LogP) is 4.78. The van der Waals surface area contributed by atoms with Gasteiger partial charge in [0, 0.05) is 30.3 Å². The molecule has 1 aromatic carbocycles. The number of hydrogen-bond acceptors (Lipinski definition) is 3. The molecule has 0 saturated heterocycles. The molecule has 5 rings (SSSR count). The fourth-order valence-corrected chi connectivity index (χ4v) is 4.41. The summed E-state index contributed by atoms with van der Waals surface area (Å²) in [6.45, 7) is 3.25. The predicted molar refractivity (Wildman–Crippen MR) is 105 cm³/mol. The molecule has 1 atom stereocenters. The van der Waals surface area contributed by atoms with Gasteiger partial charge in [0.25, 0.3) is 0 Å². The van der Waals surface area contributed by atoms with Gasteiger partial charge in [-0.1, -0.05) is 0 Å². The van der Waals surface area contributed by atoms with Crippen LogP contribution in [0.4, 0.5) is 14.5 Å². The highest BCUT2D eigenvalue weighted by atomic mass is 19.2. The van der Waals surface area contributed by atoms with Crippen LogP contribution in [0.15, 0.2) is 12.4 Å². The minimum atomic E-state index is -0.975. The summed E-state index contributed by atoms with van der Waals surface area (Å²) < 4.78 is 38.9. The molecule has 0 spiro atoms. The van der Waals surface area contributed by atoms with Gasteiger partial charge in [-0.15, -0.1) is 0 Å². The van der Waals surface area contributed by atoms with E-state index in [4.69, 9.17) is 4.74 Å². The lowest BCUT2D eigenvalue weighted by Gasteiger charge is -2.37. The highest BCUT2D eigenvalue weighted by molar-refractivity contribution is 5.95. The Balaban J connectivity index is 1.71. The average Bonchev–Trinajstić information content (AvgIpc) is 3.39. The average molecular weight is 401 g/mol. The Labute approximate surface area is 168 Å². The second-order valence-corrected chi connectivity index (χ2v) is 8.55. The third-order valence-electron chi connectivity index (χ3n) is 6.39. The van der Waals surface area contributed by atoms with Gasteiger partial charge >= 0.3 is 0 Å². The molecule has 2 aliphatic carbocycles. The van der Waals surface area contributed by atoms with E-state index in [2.05, 4.69) is 5.10 Å². The number of rotatable bonds is 4. The van der Waals surface area contributed by atoms with Gasteiger partial charge < -0.3 is 9.64 Å². The Morgan fingerprint density at radius 1 is 1.17 bits per heavy atom. The molecule has 1 unspecified atom stereocenters. The number of nitrogens with zero attached hydrogens (tertiary/aromatic N) is 3. The van der Waals surface area contributed by atoms with E-state index in [-0.39, 0.29) is 29.3 Å². The largest absolute Gasteiger partial charge is 0.489 e. The molecule has 2 fully saturated rings. The monoisotopic (exact) mass is 401 g/mol. The maximum absolute atomic E-state index is 15.5. The molecular weight excluding hydrogens is 376 g/mol. The van der Waals surface area contributed by atoms with Crippen LogP contribution in [0.25, 0.3) is 11.1 Å². The first-order valence-corrected chi connectivity index (χ1v) is 10.5. The first-order chi connectivity index (χ1) is 14.0. The quantitative estimate of drug-likeness (QED) is 0.741. The zero-order valence-electron chi connectivity index (χ0n) is 16.8. The summed E-state index contributed by atoms with van der Waals surface area (Å²) in [6.07, 6.45) is 9.59. The number of benzene rings is 1. The fourth-order valence-electron chi connectivity index (χ4n) is 4.41. The molecule has 0 radical (unpaired) electrons. The molecule has 7 heteroatoms. The first kappa shape index (κ1) is 18.6. The van der Waals surface area contributed by atoms with Gasteiger partial charge in [0.05, 0.1) is 29.6 Å². The smallest absolute Gasteiger partial charge is 0.224 e. The maximum atomic E-state index is 15.5. The molecule has 3 aliphatic rings. The van der Waals surface area contributed by atoms with E-state index in [0.717, 1.165) is 32.1 Å². The van der Waals surface area contributed by atoms with E-state index in [1.54, 1.807) is 12.4 Å². The van der Waals surface area contributed by atoms with Gasteiger partial charge in [-0.3, -0.25) is 9.48 Å². The third-order valence-corrected chi connectivity index (χ3v) is 6.39. The van der Waals surface area contributed by atoms with Crippen molar-refractivity contribution < 1.29 is 18.3 Å². The molecule has 1 aromatic heterocycles. The number of anilines is 1. The van der Waals surface area contributed by atoms with E-state index in [1.165, 1.54) is 11.8 Å². The van der Waals surface area contributed by atoms with E-state index in [0.29, 0.717) is 35.8 Å². The van der Waals surface area contributed by atoms with Gasteiger partial charge in [0.15, 0.2) is 11.6 Å². The van der Waals surface area contributed by atoms with Crippen molar-refractivity contribution in [2.24, 2.45) is 0 Å². The molecule has 154 valence electrons. The molecule has 1 aliphatic heterocycles. The maximum Gasteiger partial charge on any atom is 0.224 e. The molecule has 2 saturated carbocycles. The second-order valence-electron chi connectivity index (χ2n) is 8.55. The van der Waals surface area contributed by atoms with Crippen molar-refractivity contribution in [2.45, 2.75) is 77.0 Å². The molecule has 2 heterocycles. The number of hydrogen-bond donors (Lipinski definition) is 0. The summed E-state index contributed by atoms with van der Waals surface area (Å²) in [5, 5.41) is 4.35.